The average Bonchev–Trinajstić information content (AvgIpc) is 1.87. The van der Waals surface area contributed by atoms with Gasteiger partial charge in [-0.25, -0.2) is 0 Å². The zero-order valence-electron chi connectivity index (χ0n) is 6.87. The van der Waals surface area contributed by atoms with Crippen molar-refractivity contribution in [3.8, 4) is 0 Å². The minimum Gasteiger partial charge on any atom is -0.467 e. The largest absolute Gasteiger partial charge is 0.467 e. The Labute approximate surface area is 66.6 Å². The molecule has 0 rings (SSSR count). The van der Waals surface area contributed by atoms with Crippen molar-refractivity contribution in [2.75, 3.05) is 13.2 Å². The maximum Gasteiger partial charge on any atom is 0.0987 e. The molecule has 0 unspecified atom stereocenters. The molecule has 3 heteroatoms. The predicted molar refractivity (Wildman–Crippen MR) is 42.8 cm³/mol. The van der Waals surface area contributed by atoms with E-state index in [-0.39, 0.29) is 13.2 Å². The monoisotopic (exact) mass is 158 g/mol. The molecule has 0 aliphatic heterocycles. The third-order valence-electron chi connectivity index (χ3n) is 1.08. The zero-order chi connectivity index (χ0) is 8.69. The summed E-state index contributed by atoms with van der Waals surface area (Å²) in [6.07, 6.45) is 3.10. The maximum absolute atomic E-state index is 8.45. The van der Waals surface area contributed by atoms with Gasteiger partial charge in [0.15, 0.2) is 0 Å². The summed E-state index contributed by atoms with van der Waals surface area (Å²) in [6.45, 7) is 3.42. The van der Waals surface area contributed by atoms with Gasteiger partial charge in [0.05, 0.1) is 24.7 Å². The van der Waals surface area contributed by atoms with Crippen molar-refractivity contribution < 1.29 is 14.9 Å². The first-order valence-corrected chi connectivity index (χ1v) is 3.43. The highest BCUT2D eigenvalue weighted by Crippen LogP contribution is 2.03. The van der Waals surface area contributed by atoms with Crippen LogP contribution >= 0.6 is 0 Å². The van der Waals surface area contributed by atoms with Crippen LogP contribution in [-0.4, -0.2) is 23.4 Å². The Morgan fingerprint density at radius 1 is 1.09 bits per heavy atom. The minimum absolute atomic E-state index is 0.0295. The highest BCUT2D eigenvalue weighted by Gasteiger charge is 1.90. The molecule has 0 fully saturated rings. The fourth-order valence-electron chi connectivity index (χ4n) is 0.594. The Morgan fingerprint density at radius 2 is 1.45 bits per heavy atom. The SMILES string of the molecule is CC(=CCO)OC(C)=CCO. The van der Waals surface area contributed by atoms with Crippen molar-refractivity contribution >= 4 is 0 Å². The number of rotatable bonds is 4. The van der Waals surface area contributed by atoms with E-state index < -0.39 is 0 Å². The van der Waals surface area contributed by atoms with Crippen molar-refractivity contribution in [2.45, 2.75) is 13.8 Å². The molecule has 0 aromatic carbocycles. The van der Waals surface area contributed by atoms with Crippen LogP contribution in [0.5, 0.6) is 0 Å². The van der Waals surface area contributed by atoms with E-state index in [2.05, 4.69) is 0 Å². The van der Waals surface area contributed by atoms with Crippen LogP contribution in [-0.2, 0) is 4.74 Å². The molecule has 0 aromatic rings. The first-order valence-electron chi connectivity index (χ1n) is 3.43. The third kappa shape index (κ3) is 5.63. The van der Waals surface area contributed by atoms with E-state index in [1.807, 2.05) is 0 Å². The van der Waals surface area contributed by atoms with Crippen LogP contribution in [0.3, 0.4) is 0 Å². The van der Waals surface area contributed by atoms with Crippen LogP contribution in [0.15, 0.2) is 23.7 Å². The lowest BCUT2D eigenvalue weighted by atomic mass is 10.4. The number of allylic oxidation sites excluding steroid dienone is 2. The number of ether oxygens (including phenoxy) is 1. The molecule has 0 radical (unpaired) electrons. The van der Waals surface area contributed by atoms with Gasteiger partial charge in [0.2, 0.25) is 0 Å². The fourth-order valence-corrected chi connectivity index (χ4v) is 0.594. The van der Waals surface area contributed by atoms with Gasteiger partial charge in [-0.05, 0) is 26.0 Å². The Bertz CT molecular complexity index is 141. The highest BCUT2D eigenvalue weighted by atomic mass is 16.5. The summed E-state index contributed by atoms with van der Waals surface area (Å²) in [6, 6.07) is 0. The molecule has 11 heavy (non-hydrogen) atoms. The van der Waals surface area contributed by atoms with Gasteiger partial charge in [0, 0.05) is 0 Å². The molecule has 0 saturated carbocycles. The van der Waals surface area contributed by atoms with Crippen LogP contribution in [0, 0.1) is 0 Å². The second-order valence-corrected chi connectivity index (χ2v) is 2.10. The molecule has 0 aliphatic carbocycles. The van der Waals surface area contributed by atoms with Gasteiger partial charge >= 0.3 is 0 Å². The van der Waals surface area contributed by atoms with E-state index in [9.17, 15) is 0 Å². The van der Waals surface area contributed by atoms with Crippen molar-refractivity contribution in [1.29, 1.82) is 0 Å². The second-order valence-electron chi connectivity index (χ2n) is 2.10. The lowest BCUT2D eigenvalue weighted by Crippen LogP contribution is -1.89. The van der Waals surface area contributed by atoms with Crippen LogP contribution in [0.2, 0.25) is 0 Å². The van der Waals surface area contributed by atoms with E-state index in [1.165, 1.54) is 0 Å². The Kier molecular flexibility index (Phi) is 5.51. The molecule has 0 atom stereocenters. The van der Waals surface area contributed by atoms with Crippen molar-refractivity contribution in [2.24, 2.45) is 0 Å². The first kappa shape index (κ1) is 10.2. The normalized spacial score (nSPS) is 13.5. The van der Waals surface area contributed by atoms with Crippen molar-refractivity contribution in [3.63, 3.8) is 0 Å². The number of aliphatic hydroxyl groups is 2. The average molecular weight is 158 g/mol. The first-order chi connectivity index (χ1) is 5.20. The summed E-state index contributed by atoms with van der Waals surface area (Å²) >= 11 is 0. The molecule has 0 bridgehead atoms. The summed E-state index contributed by atoms with van der Waals surface area (Å²) in [4.78, 5) is 0. The summed E-state index contributed by atoms with van der Waals surface area (Å²) in [5, 5.41) is 16.9. The third-order valence-corrected chi connectivity index (χ3v) is 1.08. The van der Waals surface area contributed by atoms with E-state index in [4.69, 9.17) is 14.9 Å². The molecular weight excluding hydrogens is 144 g/mol. The van der Waals surface area contributed by atoms with Crippen LogP contribution in [0.25, 0.3) is 0 Å². The topological polar surface area (TPSA) is 49.7 Å². The second kappa shape index (κ2) is 5.95. The van der Waals surface area contributed by atoms with Gasteiger partial charge in [-0.1, -0.05) is 0 Å². The summed E-state index contributed by atoms with van der Waals surface area (Å²) < 4.78 is 5.13. The van der Waals surface area contributed by atoms with Gasteiger partial charge < -0.3 is 14.9 Å². The predicted octanol–water partition coefficient (Wildman–Crippen LogP) is 0.795. The fraction of sp³-hybridized carbons (Fsp3) is 0.500. The molecule has 0 aromatic heterocycles. The van der Waals surface area contributed by atoms with E-state index in [0.717, 1.165) is 0 Å². The minimum atomic E-state index is -0.0295. The molecule has 3 nitrogen and oxygen atoms in total. The Hall–Kier alpha value is -0.800. The zero-order valence-corrected chi connectivity index (χ0v) is 6.87. The standard InChI is InChI=1S/C8H14O3/c1-7(3-5-9)11-8(2)4-6-10/h3-4,9-10H,5-6H2,1-2H3. The summed E-state index contributed by atoms with van der Waals surface area (Å²) in [5.74, 6) is 1.27. The molecular formula is C8H14O3. The lowest BCUT2D eigenvalue weighted by Gasteiger charge is -2.04. The quantitative estimate of drug-likeness (QED) is 0.595. The van der Waals surface area contributed by atoms with Crippen molar-refractivity contribution in [3.05, 3.63) is 23.7 Å². The van der Waals surface area contributed by atoms with E-state index in [0.29, 0.717) is 11.5 Å². The highest BCUT2D eigenvalue weighted by molar-refractivity contribution is 4.97. The van der Waals surface area contributed by atoms with Gasteiger partial charge in [0.25, 0.3) is 0 Å². The molecule has 0 aliphatic rings. The molecule has 2 N–H and O–H groups in total. The van der Waals surface area contributed by atoms with E-state index >= 15 is 0 Å². The van der Waals surface area contributed by atoms with Crippen LogP contribution < -0.4 is 0 Å². The number of aliphatic hydroxyl groups excluding tert-OH is 2. The van der Waals surface area contributed by atoms with E-state index in [1.54, 1.807) is 26.0 Å². The molecule has 0 heterocycles. The Morgan fingerprint density at radius 3 is 1.73 bits per heavy atom. The van der Waals surface area contributed by atoms with Crippen LogP contribution in [0.1, 0.15) is 13.8 Å². The number of hydrogen-bond acceptors (Lipinski definition) is 3. The van der Waals surface area contributed by atoms with Crippen molar-refractivity contribution in [1.82, 2.24) is 0 Å². The molecule has 64 valence electrons. The summed E-state index contributed by atoms with van der Waals surface area (Å²) in [7, 11) is 0. The van der Waals surface area contributed by atoms with Gasteiger partial charge in [-0.15, -0.1) is 0 Å². The van der Waals surface area contributed by atoms with Gasteiger partial charge in [0.1, 0.15) is 0 Å². The molecule has 0 saturated heterocycles. The molecule has 0 amide bonds. The van der Waals surface area contributed by atoms with Gasteiger partial charge in [-0.2, -0.15) is 0 Å². The smallest absolute Gasteiger partial charge is 0.0987 e. The maximum atomic E-state index is 8.45. The lowest BCUT2D eigenvalue weighted by molar-refractivity contribution is 0.281. The van der Waals surface area contributed by atoms with Crippen LogP contribution in [0.4, 0.5) is 0 Å². The molecule has 0 spiro atoms. The summed E-state index contributed by atoms with van der Waals surface area (Å²) in [5.41, 5.74) is 0. The Balaban J connectivity index is 3.84. The number of hydrogen-bond donors (Lipinski definition) is 2. The van der Waals surface area contributed by atoms with Gasteiger partial charge in [-0.3, -0.25) is 0 Å².